The van der Waals surface area contributed by atoms with Gasteiger partial charge >= 0.3 is 6.03 Å². The van der Waals surface area contributed by atoms with Crippen LogP contribution in [0.5, 0.6) is 0 Å². The van der Waals surface area contributed by atoms with Gasteiger partial charge in [-0.25, -0.2) is 9.18 Å². The zero-order chi connectivity index (χ0) is 21.8. The highest BCUT2D eigenvalue weighted by molar-refractivity contribution is 8.00. The van der Waals surface area contributed by atoms with Gasteiger partial charge in [-0.15, -0.1) is 11.8 Å². The molecule has 0 saturated carbocycles. The highest BCUT2D eigenvalue weighted by Crippen LogP contribution is 2.42. The molecule has 8 heteroatoms. The molecule has 0 aliphatic carbocycles. The predicted molar refractivity (Wildman–Crippen MR) is 119 cm³/mol. The van der Waals surface area contributed by atoms with Crippen LogP contribution in [-0.2, 0) is 4.79 Å². The highest BCUT2D eigenvalue weighted by Gasteiger charge is 2.34. The summed E-state index contributed by atoms with van der Waals surface area (Å²) in [6.07, 6.45) is 0. The molecule has 31 heavy (non-hydrogen) atoms. The Morgan fingerprint density at radius 1 is 1.03 bits per heavy atom. The smallest absolute Gasteiger partial charge is 0.308 e. The van der Waals surface area contributed by atoms with Crippen LogP contribution in [0.3, 0.4) is 0 Å². The van der Waals surface area contributed by atoms with Crippen molar-refractivity contribution in [2.45, 2.75) is 5.37 Å². The minimum absolute atomic E-state index is 0.0569. The number of halogens is 1. The topological polar surface area (TPSA) is 85.2 Å². The van der Waals surface area contributed by atoms with Crippen molar-refractivity contribution in [1.29, 1.82) is 5.26 Å². The summed E-state index contributed by atoms with van der Waals surface area (Å²) < 4.78 is 13.3. The molecule has 0 spiro atoms. The lowest BCUT2D eigenvalue weighted by atomic mass is 10.1. The summed E-state index contributed by atoms with van der Waals surface area (Å²) in [6, 6.07) is 21.2. The van der Waals surface area contributed by atoms with E-state index in [0.717, 1.165) is 5.56 Å². The first-order valence-corrected chi connectivity index (χ1v) is 10.5. The molecule has 3 aromatic rings. The van der Waals surface area contributed by atoms with E-state index in [0.29, 0.717) is 28.4 Å². The summed E-state index contributed by atoms with van der Waals surface area (Å²) in [4.78, 5) is 26.5. The van der Waals surface area contributed by atoms with E-state index in [2.05, 4.69) is 10.6 Å². The first kappa shape index (κ1) is 20.4. The van der Waals surface area contributed by atoms with Crippen LogP contribution in [0, 0.1) is 17.1 Å². The van der Waals surface area contributed by atoms with E-state index >= 15 is 0 Å². The van der Waals surface area contributed by atoms with E-state index < -0.39 is 6.03 Å². The fraction of sp³-hybridized carbons (Fsp3) is 0.0870. The monoisotopic (exact) mass is 432 g/mol. The Labute approximate surface area is 182 Å². The third-order valence-electron chi connectivity index (χ3n) is 4.67. The van der Waals surface area contributed by atoms with Crippen LogP contribution in [-0.4, -0.2) is 17.7 Å². The Kier molecular flexibility index (Phi) is 5.87. The van der Waals surface area contributed by atoms with Crippen molar-refractivity contribution in [2.24, 2.45) is 0 Å². The number of amides is 3. The Morgan fingerprint density at radius 2 is 1.74 bits per heavy atom. The average Bonchev–Trinajstić information content (AvgIpc) is 3.16. The lowest BCUT2D eigenvalue weighted by Gasteiger charge is -2.24. The maximum atomic E-state index is 13.3. The van der Waals surface area contributed by atoms with Gasteiger partial charge in [-0.05, 0) is 66.2 Å². The number of carbonyl (C=O) groups is 2. The third kappa shape index (κ3) is 4.68. The van der Waals surface area contributed by atoms with Crippen molar-refractivity contribution in [3.8, 4) is 6.07 Å². The van der Waals surface area contributed by atoms with Crippen LogP contribution in [0.4, 0.5) is 26.2 Å². The van der Waals surface area contributed by atoms with Crippen molar-refractivity contribution in [1.82, 2.24) is 0 Å². The molecule has 1 heterocycles. The van der Waals surface area contributed by atoms with Gasteiger partial charge < -0.3 is 10.6 Å². The summed E-state index contributed by atoms with van der Waals surface area (Å²) in [6.45, 7) is 0. The molecular formula is C23H17FN4O2S. The Hall–Kier alpha value is -3.83. The SMILES string of the molecule is N#Cc1ccc(NC(=O)Nc2cccc(C3SCC(=O)N3c3ccc(F)cc3)c2)cc1. The summed E-state index contributed by atoms with van der Waals surface area (Å²) in [5.41, 5.74) is 3.11. The van der Waals surface area contributed by atoms with Crippen LogP contribution in [0.25, 0.3) is 0 Å². The quantitative estimate of drug-likeness (QED) is 0.599. The largest absolute Gasteiger partial charge is 0.323 e. The first-order chi connectivity index (χ1) is 15.0. The number of nitriles is 1. The molecule has 1 atom stereocenters. The predicted octanol–water partition coefficient (Wildman–Crippen LogP) is 5.12. The molecule has 0 bridgehead atoms. The molecule has 1 unspecified atom stereocenters. The lowest BCUT2D eigenvalue weighted by Crippen LogP contribution is -2.27. The second kappa shape index (κ2) is 8.90. The number of nitrogens with zero attached hydrogens (tertiary/aromatic N) is 2. The number of hydrogen-bond donors (Lipinski definition) is 2. The van der Waals surface area contributed by atoms with E-state index in [9.17, 15) is 14.0 Å². The van der Waals surface area contributed by atoms with Gasteiger partial charge in [0.1, 0.15) is 11.2 Å². The summed E-state index contributed by atoms with van der Waals surface area (Å²) in [5.74, 6) is -0.101. The van der Waals surface area contributed by atoms with Crippen molar-refractivity contribution in [3.05, 3.63) is 89.7 Å². The van der Waals surface area contributed by atoms with Crippen molar-refractivity contribution in [2.75, 3.05) is 21.3 Å². The number of carbonyl (C=O) groups excluding carboxylic acids is 2. The number of urea groups is 1. The van der Waals surface area contributed by atoms with Gasteiger partial charge in [-0.1, -0.05) is 12.1 Å². The summed E-state index contributed by atoms with van der Waals surface area (Å²) in [5, 5.41) is 14.1. The van der Waals surface area contributed by atoms with Crippen LogP contribution >= 0.6 is 11.8 Å². The number of hydrogen-bond acceptors (Lipinski definition) is 4. The molecule has 4 rings (SSSR count). The van der Waals surface area contributed by atoms with E-state index in [4.69, 9.17) is 5.26 Å². The van der Waals surface area contributed by atoms with Gasteiger partial charge in [0.2, 0.25) is 5.91 Å². The molecule has 3 aromatic carbocycles. The molecule has 2 N–H and O–H groups in total. The lowest BCUT2D eigenvalue weighted by molar-refractivity contribution is -0.115. The van der Waals surface area contributed by atoms with Gasteiger partial charge in [0.25, 0.3) is 0 Å². The van der Waals surface area contributed by atoms with E-state index in [1.165, 1.54) is 23.9 Å². The van der Waals surface area contributed by atoms with Crippen LogP contribution in [0.2, 0.25) is 0 Å². The van der Waals surface area contributed by atoms with Crippen LogP contribution in [0.15, 0.2) is 72.8 Å². The number of benzene rings is 3. The molecule has 3 amide bonds. The second-order valence-electron chi connectivity index (χ2n) is 6.80. The molecular weight excluding hydrogens is 415 g/mol. The molecule has 6 nitrogen and oxygen atoms in total. The Morgan fingerprint density at radius 3 is 2.45 bits per heavy atom. The minimum atomic E-state index is -0.424. The molecule has 1 aliphatic heterocycles. The van der Waals surface area contributed by atoms with Gasteiger partial charge in [-0.2, -0.15) is 5.26 Å². The number of nitrogens with one attached hydrogen (secondary N) is 2. The molecule has 154 valence electrons. The van der Waals surface area contributed by atoms with Crippen molar-refractivity contribution in [3.63, 3.8) is 0 Å². The fourth-order valence-electron chi connectivity index (χ4n) is 3.24. The molecule has 1 fully saturated rings. The standard InChI is InChI=1S/C23H17FN4O2S/c24-17-6-10-20(11-7-17)28-21(29)14-31-22(28)16-2-1-3-19(12-16)27-23(30)26-18-8-4-15(13-25)5-9-18/h1-12,22H,14H2,(H2,26,27,30). The number of rotatable bonds is 4. The normalized spacial score (nSPS) is 15.4. The van der Waals surface area contributed by atoms with Crippen LogP contribution < -0.4 is 15.5 Å². The highest BCUT2D eigenvalue weighted by atomic mass is 32.2. The summed E-state index contributed by atoms with van der Waals surface area (Å²) >= 11 is 1.47. The number of anilines is 3. The fourth-order valence-corrected chi connectivity index (χ4v) is 4.41. The molecule has 0 aromatic heterocycles. The van der Waals surface area contributed by atoms with Gasteiger partial charge in [0, 0.05) is 17.1 Å². The first-order valence-electron chi connectivity index (χ1n) is 9.41. The maximum Gasteiger partial charge on any atom is 0.323 e. The van der Waals surface area contributed by atoms with Gasteiger partial charge in [0.15, 0.2) is 0 Å². The third-order valence-corrected chi connectivity index (χ3v) is 5.89. The molecule has 0 radical (unpaired) electrons. The zero-order valence-corrected chi connectivity index (χ0v) is 17.0. The van der Waals surface area contributed by atoms with E-state index in [1.54, 1.807) is 53.4 Å². The van der Waals surface area contributed by atoms with Gasteiger partial charge in [-0.3, -0.25) is 9.69 Å². The molecule has 1 saturated heterocycles. The minimum Gasteiger partial charge on any atom is -0.308 e. The second-order valence-corrected chi connectivity index (χ2v) is 7.87. The maximum absolute atomic E-state index is 13.3. The van der Waals surface area contributed by atoms with E-state index in [1.807, 2.05) is 18.2 Å². The Bertz CT molecular complexity index is 1160. The van der Waals surface area contributed by atoms with Crippen molar-refractivity contribution >= 4 is 40.8 Å². The van der Waals surface area contributed by atoms with Crippen LogP contribution in [0.1, 0.15) is 16.5 Å². The zero-order valence-electron chi connectivity index (χ0n) is 16.2. The van der Waals surface area contributed by atoms with E-state index in [-0.39, 0.29) is 17.1 Å². The Balaban J connectivity index is 1.49. The molecule has 1 aliphatic rings. The summed E-state index contributed by atoms with van der Waals surface area (Å²) in [7, 11) is 0. The average molecular weight is 432 g/mol. The number of thioether (sulfide) groups is 1. The van der Waals surface area contributed by atoms with Crippen molar-refractivity contribution < 1.29 is 14.0 Å². The van der Waals surface area contributed by atoms with Gasteiger partial charge in [0.05, 0.1) is 17.4 Å².